The summed E-state index contributed by atoms with van der Waals surface area (Å²) in [5, 5.41) is 9.71. The van der Waals surface area contributed by atoms with Gasteiger partial charge in [0.15, 0.2) is 0 Å². The summed E-state index contributed by atoms with van der Waals surface area (Å²) in [7, 11) is 0. The second-order valence-electron chi connectivity index (χ2n) is 4.74. The van der Waals surface area contributed by atoms with Crippen LogP contribution in [0.1, 0.15) is 19.4 Å². The number of anilines is 1. The van der Waals surface area contributed by atoms with Crippen LogP contribution in [0.4, 0.5) is 5.82 Å². The number of halogens is 1. The minimum absolute atomic E-state index is 0.126. The molecule has 1 saturated heterocycles. The predicted octanol–water partition coefficient (Wildman–Crippen LogP) is 1.15. The van der Waals surface area contributed by atoms with Gasteiger partial charge in [-0.1, -0.05) is 11.6 Å². The third-order valence-corrected chi connectivity index (χ3v) is 3.70. The van der Waals surface area contributed by atoms with E-state index in [0.29, 0.717) is 16.8 Å². The lowest BCUT2D eigenvalue weighted by Crippen LogP contribution is -2.49. The van der Waals surface area contributed by atoms with Crippen molar-refractivity contribution in [3.05, 3.63) is 17.0 Å². The van der Waals surface area contributed by atoms with Crippen molar-refractivity contribution in [2.24, 2.45) is 0 Å². The lowest BCUT2D eigenvalue weighted by molar-refractivity contribution is 0.208. The van der Waals surface area contributed by atoms with Gasteiger partial charge in [0.1, 0.15) is 17.3 Å². The fraction of sp³-hybridized carbons (Fsp3) is 0.667. The minimum atomic E-state index is -0.126. The van der Waals surface area contributed by atoms with Crippen LogP contribution in [0.15, 0.2) is 6.33 Å². The second-order valence-corrected chi connectivity index (χ2v) is 5.10. The second kappa shape index (κ2) is 5.82. The molecular weight excluding hydrogens is 252 g/mol. The number of aliphatic hydroxyl groups is 1. The number of nitrogens with zero attached hydrogens (tertiary/aromatic N) is 4. The number of hydrogen-bond donors (Lipinski definition) is 1. The molecular formula is C12H19ClN4O. The lowest BCUT2D eigenvalue weighted by atomic mass is 10.2. The predicted molar refractivity (Wildman–Crippen MR) is 71.9 cm³/mol. The first-order valence-electron chi connectivity index (χ1n) is 6.22. The molecule has 6 heteroatoms. The zero-order valence-electron chi connectivity index (χ0n) is 10.8. The highest BCUT2D eigenvalue weighted by molar-refractivity contribution is 6.30. The Kier molecular flexibility index (Phi) is 4.37. The van der Waals surface area contributed by atoms with Gasteiger partial charge >= 0.3 is 0 Å². The Morgan fingerprint density at radius 1 is 1.28 bits per heavy atom. The van der Waals surface area contributed by atoms with Crippen LogP contribution in [0.25, 0.3) is 0 Å². The molecule has 2 rings (SSSR count). The van der Waals surface area contributed by atoms with E-state index in [1.54, 1.807) is 0 Å². The molecule has 0 atom stereocenters. The number of piperazine rings is 1. The molecule has 0 spiro atoms. The molecule has 100 valence electrons. The van der Waals surface area contributed by atoms with Gasteiger partial charge in [-0.15, -0.1) is 0 Å². The van der Waals surface area contributed by atoms with Crippen molar-refractivity contribution in [3.63, 3.8) is 0 Å². The van der Waals surface area contributed by atoms with Gasteiger partial charge in [-0.05, 0) is 13.8 Å². The van der Waals surface area contributed by atoms with E-state index in [0.717, 1.165) is 32.0 Å². The molecule has 1 fully saturated rings. The van der Waals surface area contributed by atoms with E-state index in [9.17, 15) is 5.11 Å². The van der Waals surface area contributed by atoms with Crippen LogP contribution in [-0.2, 0) is 6.61 Å². The molecule has 1 aromatic heterocycles. The van der Waals surface area contributed by atoms with Crippen molar-refractivity contribution < 1.29 is 5.11 Å². The Balaban J connectivity index is 2.12. The maximum absolute atomic E-state index is 9.37. The number of rotatable bonds is 3. The van der Waals surface area contributed by atoms with Gasteiger partial charge in [-0.3, -0.25) is 4.90 Å². The number of hydrogen-bond acceptors (Lipinski definition) is 5. The Hall–Kier alpha value is -0.910. The SMILES string of the molecule is CC(C)N1CCN(c2ncnc(Cl)c2CO)CC1. The van der Waals surface area contributed by atoms with Gasteiger partial charge in [-0.2, -0.15) is 0 Å². The van der Waals surface area contributed by atoms with Gasteiger partial charge in [0, 0.05) is 32.2 Å². The lowest BCUT2D eigenvalue weighted by Gasteiger charge is -2.38. The molecule has 0 unspecified atom stereocenters. The van der Waals surface area contributed by atoms with E-state index < -0.39 is 0 Å². The highest BCUT2D eigenvalue weighted by atomic mass is 35.5. The first-order chi connectivity index (χ1) is 8.63. The Labute approximate surface area is 112 Å². The molecule has 0 aliphatic carbocycles. The summed E-state index contributed by atoms with van der Waals surface area (Å²) < 4.78 is 0. The van der Waals surface area contributed by atoms with Gasteiger partial charge in [0.05, 0.1) is 12.2 Å². The molecule has 1 aromatic rings. The highest BCUT2D eigenvalue weighted by Crippen LogP contribution is 2.24. The quantitative estimate of drug-likeness (QED) is 0.835. The summed E-state index contributed by atoms with van der Waals surface area (Å²) in [6.45, 7) is 8.09. The van der Waals surface area contributed by atoms with Crippen molar-refractivity contribution in [3.8, 4) is 0 Å². The fourth-order valence-electron chi connectivity index (χ4n) is 2.24. The van der Waals surface area contributed by atoms with Crippen LogP contribution in [0.2, 0.25) is 5.15 Å². The van der Waals surface area contributed by atoms with Crippen LogP contribution in [0.5, 0.6) is 0 Å². The molecule has 0 radical (unpaired) electrons. The molecule has 0 amide bonds. The molecule has 0 saturated carbocycles. The van der Waals surface area contributed by atoms with Gasteiger partial charge in [0.2, 0.25) is 0 Å². The van der Waals surface area contributed by atoms with E-state index >= 15 is 0 Å². The standard InChI is InChI=1S/C12H19ClN4O/c1-9(2)16-3-5-17(6-4-16)12-10(7-18)11(13)14-8-15-12/h8-9,18H,3-7H2,1-2H3. The van der Waals surface area contributed by atoms with Gasteiger partial charge in [-0.25, -0.2) is 9.97 Å². The summed E-state index contributed by atoms with van der Waals surface area (Å²) in [5.74, 6) is 0.765. The van der Waals surface area contributed by atoms with Crippen molar-refractivity contribution in [1.29, 1.82) is 0 Å². The average molecular weight is 271 g/mol. The molecule has 0 bridgehead atoms. The molecule has 18 heavy (non-hydrogen) atoms. The summed E-state index contributed by atoms with van der Waals surface area (Å²) >= 11 is 5.98. The molecule has 1 N–H and O–H groups in total. The fourth-order valence-corrected chi connectivity index (χ4v) is 2.43. The summed E-state index contributed by atoms with van der Waals surface area (Å²) in [4.78, 5) is 12.8. The Morgan fingerprint density at radius 2 is 1.94 bits per heavy atom. The number of aromatic nitrogens is 2. The van der Waals surface area contributed by atoms with Crippen molar-refractivity contribution in [2.75, 3.05) is 31.1 Å². The minimum Gasteiger partial charge on any atom is -0.391 e. The highest BCUT2D eigenvalue weighted by Gasteiger charge is 2.22. The summed E-state index contributed by atoms with van der Waals surface area (Å²) in [5.41, 5.74) is 0.622. The average Bonchev–Trinajstić information content (AvgIpc) is 2.38. The third kappa shape index (κ3) is 2.74. The van der Waals surface area contributed by atoms with Crippen LogP contribution < -0.4 is 4.90 Å². The first-order valence-corrected chi connectivity index (χ1v) is 6.60. The van der Waals surface area contributed by atoms with E-state index in [-0.39, 0.29) is 6.61 Å². The largest absolute Gasteiger partial charge is 0.391 e. The van der Waals surface area contributed by atoms with Crippen LogP contribution in [0.3, 0.4) is 0 Å². The van der Waals surface area contributed by atoms with Crippen molar-refractivity contribution in [1.82, 2.24) is 14.9 Å². The smallest absolute Gasteiger partial charge is 0.140 e. The molecule has 0 aromatic carbocycles. The molecule has 5 nitrogen and oxygen atoms in total. The van der Waals surface area contributed by atoms with Gasteiger partial charge in [0.25, 0.3) is 0 Å². The van der Waals surface area contributed by atoms with E-state index in [1.807, 2.05) is 0 Å². The Bertz CT molecular complexity index is 405. The van der Waals surface area contributed by atoms with Crippen LogP contribution in [-0.4, -0.2) is 52.2 Å². The third-order valence-electron chi connectivity index (χ3n) is 3.37. The van der Waals surface area contributed by atoms with Crippen LogP contribution in [0, 0.1) is 0 Å². The van der Waals surface area contributed by atoms with E-state index in [1.165, 1.54) is 6.33 Å². The Morgan fingerprint density at radius 3 is 2.50 bits per heavy atom. The maximum Gasteiger partial charge on any atom is 0.140 e. The van der Waals surface area contributed by atoms with E-state index in [2.05, 4.69) is 33.6 Å². The summed E-state index contributed by atoms with van der Waals surface area (Å²) in [6, 6.07) is 0.568. The van der Waals surface area contributed by atoms with Crippen LogP contribution >= 0.6 is 11.6 Å². The zero-order chi connectivity index (χ0) is 13.1. The topological polar surface area (TPSA) is 52.5 Å². The summed E-state index contributed by atoms with van der Waals surface area (Å²) in [6.07, 6.45) is 1.45. The normalized spacial score (nSPS) is 17.5. The van der Waals surface area contributed by atoms with Crippen molar-refractivity contribution in [2.45, 2.75) is 26.5 Å². The maximum atomic E-state index is 9.37. The van der Waals surface area contributed by atoms with Crippen molar-refractivity contribution >= 4 is 17.4 Å². The first kappa shape index (κ1) is 13.5. The zero-order valence-corrected chi connectivity index (χ0v) is 11.6. The van der Waals surface area contributed by atoms with Gasteiger partial charge < -0.3 is 10.0 Å². The monoisotopic (exact) mass is 270 g/mol. The molecule has 1 aliphatic heterocycles. The molecule has 2 heterocycles. The molecule has 1 aliphatic rings. The van der Waals surface area contributed by atoms with E-state index in [4.69, 9.17) is 11.6 Å². The number of aliphatic hydroxyl groups excluding tert-OH is 1.